The van der Waals surface area contributed by atoms with E-state index in [1.807, 2.05) is 46.4 Å². The van der Waals surface area contributed by atoms with Crippen LogP contribution in [0.25, 0.3) is 0 Å². The summed E-state index contributed by atoms with van der Waals surface area (Å²) in [5.74, 6) is 0. The summed E-state index contributed by atoms with van der Waals surface area (Å²) in [5.41, 5.74) is -0.668. The standard InChI is InChI=1S/C16H32N2O2/c1-15(2,3)18(14(19)20-16(4,5)6)12-11-17-13-9-7-8-10-13/h13,17H,7-12H2,1-6H3. The second-order valence-electron chi connectivity index (χ2n) is 7.74. The van der Waals surface area contributed by atoms with Gasteiger partial charge in [-0.05, 0) is 54.4 Å². The topological polar surface area (TPSA) is 41.6 Å². The van der Waals surface area contributed by atoms with Crippen LogP contribution in [0.4, 0.5) is 4.79 Å². The Kier molecular flexibility index (Phi) is 5.87. The van der Waals surface area contributed by atoms with Crippen LogP contribution in [-0.4, -0.2) is 41.3 Å². The highest BCUT2D eigenvalue weighted by molar-refractivity contribution is 5.69. The minimum Gasteiger partial charge on any atom is -0.444 e. The van der Waals surface area contributed by atoms with E-state index in [9.17, 15) is 4.79 Å². The first-order valence-electron chi connectivity index (χ1n) is 7.83. The Morgan fingerprint density at radius 1 is 1.15 bits per heavy atom. The van der Waals surface area contributed by atoms with Crippen molar-refractivity contribution in [3.63, 3.8) is 0 Å². The highest BCUT2D eigenvalue weighted by atomic mass is 16.6. The molecule has 0 saturated heterocycles. The number of carbonyl (C=O) groups is 1. The van der Waals surface area contributed by atoms with E-state index in [2.05, 4.69) is 5.32 Å². The van der Waals surface area contributed by atoms with Crippen molar-refractivity contribution in [2.45, 2.75) is 84.4 Å². The summed E-state index contributed by atoms with van der Waals surface area (Å²) < 4.78 is 5.51. The van der Waals surface area contributed by atoms with E-state index in [1.54, 1.807) is 0 Å². The van der Waals surface area contributed by atoms with E-state index in [1.165, 1.54) is 25.7 Å². The smallest absolute Gasteiger partial charge is 0.410 e. The van der Waals surface area contributed by atoms with Crippen molar-refractivity contribution in [3.05, 3.63) is 0 Å². The first-order chi connectivity index (χ1) is 9.09. The summed E-state index contributed by atoms with van der Waals surface area (Å²) in [5, 5.41) is 3.55. The van der Waals surface area contributed by atoms with Gasteiger partial charge in [0.1, 0.15) is 5.60 Å². The molecule has 0 unspecified atom stereocenters. The zero-order chi connectivity index (χ0) is 15.4. The maximum atomic E-state index is 12.3. The lowest BCUT2D eigenvalue weighted by Crippen LogP contribution is -2.50. The second-order valence-corrected chi connectivity index (χ2v) is 7.74. The molecule has 4 nitrogen and oxygen atoms in total. The maximum absolute atomic E-state index is 12.3. The molecule has 0 aliphatic heterocycles. The number of nitrogens with zero attached hydrogens (tertiary/aromatic N) is 1. The molecule has 0 aromatic heterocycles. The molecule has 1 N–H and O–H groups in total. The minimum atomic E-state index is -0.445. The number of carbonyl (C=O) groups excluding carboxylic acids is 1. The van der Waals surface area contributed by atoms with Crippen LogP contribution in [0.1, 0.15) is 67.2 Å². The van der Waals surface area contributed by atoms with Gasteiger partial charge in [0.05, 0.1) is 0 Å². The van der Waals surface area contributed by atoms with Crippen molar-refractivity contribution in [2.75, 3.05) is 13.1 Å². The van der Waals surface area contributed by atoms with Gasteiger partial charge in [-0.15, -0.1) is 0 Å². The number of hydrogen-bond donors (Lipinski definition) is 1. The zero-order valence-corrected chi connectivity index (χ0v) is 14.1. The molecule has 1 saturated carbocycles. The highest BCUT2D eigenvalue weighted by Crippen LogP contribution is 2.19. The fraction of sp³-hybridized carbons (Fsp3) is 0.938. The first-order valence-corrected chi connectivity index (χ1v) is 7.83. The zero-order valence-electron chi connectivity index (χ0n) is 14.1. The third-order valence-electron chi connectivity index (χ3n) is 3.55. The predicted octanol–water partition coefficient (Wildman–Crippen LogP) is 3.55. The van der Waals surface area contributed by atoms with E-state index in [-0.39, 0.29) is 11.6 Å². The fourth-order valence-corrected chi connectivity index (χ4v) is 2.53. The SMILES string of the molecule is CC(C)(C)OC(=O)N(CCNC1CCCC1)C(C)(C)C. The van der Waals surface area contributed by atoms with Gasteiger partial charge in [0.25, 0.3) is 0 Å². The average molecular weight is 284 g/mol. The van der Waals surface area contributed by atoms with Crippen LogP contribution in [0.3, 0.4) is 0 Å². The van der Waals surface area contributed by atoms with Gasteiger partial charge in [-0.1, -0.05) is 12.8 Å². The van der Waals surface area contributed by atoms with Gasteiger partial charge in [0, 0.05) is 24.7 Å². The lowest BCUT2D eigenvalue weighted by atomic mass is 10.1. The van der Waals surface area contributed by atoms with Crippen LogP contribution < -0.4 is 5.32 Å². The number of hydrogen-bond acceptors (Lipinski definition) is 3. The molecule has 4 heteroatoms. The lowest BCUT2D eigenvalue weighted by molar-refractivity contribution is 0.00648. The van der Waals surface area contributed by atoms with Gasteiger partial charge in [-0.2, -0.15) is 0 Å². The predicted molar refractivity (Wildman–Crippen MR) is 83.0 cm³/mol. The summed E-state index contributed by atoms with van der Waals surface area (Å²) >= 11 is 0. The van der Waals surface area contributed by atoms with Crippen molar-refractivity contribution in [1.29, 1.82) is 0 Å². The Bertz CT molecular complexity index is 309. The fourth-order valence-electron chi connectivity index (χ4n) is 2.53. The third-order valence-corrected chi connectivity index (χ3v) is 3.55. The number of rotatable bonds is 4. The summed E-state index contributed by atoms with van der Waals surface area (Å²) in [7, 11) is 0. The van der Waals surface area contributed by atoms with Gasteiger partial charge < -0.3 is 15.0 Å². The monoisotopic (exact) mass is 284 g/mol. The van der Waals surface area contributed by atoms with Crippen LogP contribution in [0, 0.1) is 0 Å². The average Bonchev–Trinajstić information content (AvgIpc) is 2.72. The van der Waals surface area contributed by atoms with Gasteiger partial charge in [0.15, 0.2) is 0 Å². The van der Waals surface area contributed by atoms with E-state index >= 15 is 0 Å². The maximum Gasteiger partial charge on any atom is 0.410 e. The first kappa shape index (κ1) is 17.3. The summed E-state index contributed by atoms with van der Waals surface area (Å²) in [6.07, 6.45) is 4.96. The van der Waals surface area contributed by atoms with Crippen LogP contribution in [-0.2, 0) is 4.74 Å². The van der Waals surface area contributed by atoms with Crippen LogP contribution >= 0.6 is 0 Å². The number of ether oxygens (including phenoxy) is 1. The Balaban J connectivity index is 2.49. The van der Waals surface area contributed by atoms with Crippen LogP contribution in [0.2, 0.25) is 0 Å². The molecule has 0 radical (unpaired) electrons. The lowest BCUT2D eigenvalue weighted by Gasteiger charge is -2.37. The molecule has 0 aromatic rings. The third kappa shape index (κ3) is 6.12. The molecule has 1 amide bonds. The molecular formula is C16H32N2O2. The molecule has 0 bridgehead atoms. The molecule has 1 rings (SSSR count). The Hall–Kier alpha value is -0.770. The van der Waals surface area contributed by atoms with Crippen molar-refractivity contribution < 1.29 is 9.53 Å². The van der Waals surface area contributed by atoms with E-state index in [4.69, 9.17) is 4.74 Å². The summed E-state index contributed by atoms with van der Waals surface area (Å²) in [6, 6.07) is 0.635. The van der Waals surface area contributed by atoms with Crippen molar-refractivity contribution >= 4 is 6.09 Å². The van der Waals surface area contributed by atoms with Crippen LogP contribution in [0.5, 0.6) is 0 Å². The molecule has 1 aliphatic rings. The van der Waals surface area contributed by atoms with E-state index in [0.717, 1.165) is 6.54 Å². The number of amides is 1. The van der Waals surface area contributed by atoms with Gasteiger partial charge >= 0.3 is 6.09 Å². The van der Waals surface area contributed by atoms with Gasteiger partial charge in [-0.25, -0.2) is 4.79 Å². The van der Waals surface area contributed by atoms with E-state index < -0.39 is 5.60 Å². The molecule has 1 aliphatic carbocycles. The molecular weight excluding hydrogens is 252 g/mol. The Labute approximate surface area is 124 Å². The largest absolute Gasteiger partial charge is 0.444 e. The Morgan fingerprint density at radius 2 is 1.70 bits per heavy atom. The van der Waals surface area contributed by atoms with E-state index in [0.29, 0.717) is 12.6 Å². The van der Waals surface area contributed by atoms with Crippen LogP contribution in [0.15, 0.2) is 0 Å². The molecule has 1 fully saturated rings. The molecule has 0 spiro atoms. The summed E-state index contributed by atoms with van der Waals surface area (Å²) in [4.78, 5) is 14.1. The van der Waals surface area contributed by atoms with Gasteiger partial charge in [-0.3, -0.25) is 0 Å². The normalized spacial score (nSPS) is 17.3. The molecule has 0 atom stereocenters. The molecule has 0 heterocycles. The minimum absolute atomic E-state index is 0.223. The quantitative estimate of drug-likeness (QED) is 0.858. The number of nitrogens with one attached hydrogen (secondary N) is 1. The Morgan fingerprint density at radius 3 is 2.15 bits per heavy atom. The van der Waals surface area contributed by atoms with Crippen molar-refractivity contribution in [2.24, 2.45) is 0 Å². The summed E-state index contributed by atoms with van der Waals surface area (Å²) in [6.45, 7) is 13.4. The second kappa shape index (κ2) is 6.79. The van der Waals surface area contributed by atoms with Crippen molar-refractivity contribution in [3.8, 4) is 0 Å². The van der Waals surface area contributed by atoms with Gasteiger partial charge in [0.2, 0.25) is 0 Å². The highest BCUT2D eigenvalue weighted by Gasteiger charge is 2.30. The molecule has 20 heavy (non-hydrogen) atoms. The molecule has 0 aromatic carbocycles. The molecule has 118 valence electrons. The van der Waals surface area contributed by atoms with Crippen molar-refractivity contribution in [1.82, 2.24) is 10.2 Å².